The molecule has 36 heavy (non-hydrogen) atoms. The Hall–Kier alpha value is -3.81. The Morgan fingerprint density at radius 1 is 0.833 bits per heavy atom. The zero-order valence-electron chi connectivity index (χ0n) is 19.5. The fourth-order valence-corrected chi connectivity index (χ4v) is 5.81. The molecule has 0 fully saturated rings. The normalized spacial score (nSPS) is 13.4. The summed E-state index contributed by atoms with van der Waals surface area (Å²) in [6.07, 6.45) is 1.36. The maximum Gasteiger partial charge on any atom is 0.258 e. The number of nitrogens with one attached hydrogen (secondary N) is 1. The number of hydrogen-bond acceptors (Lipinski definition) is 3. The molecule has 0 aromatic heterocycles. The lowest BCUT2D eigenvalue weighted by Gasteiger charge is -2.30. The zero-order valence-corrected chi connectivity index (χ0v) is 20.3. The standard InChI is InChI=1S/C29H25FN2O3S/c30-25-15-13-23(14-16-25)29(33)32-19-7-12-24-20-26(17-18-27(24)32)36(34,35)31-28(21-8-3-1-4-9-21)22-10-5-2-6-11-22/h1-6,8-11,13-18,20,28,31H,7,12,19H2. The van der Waals surface area contributed by atoms with Crippen LogP contribution in [0.3, 0.4) is 0 Å². The minimum atomic E-state index is -3.88. The van der Waals surface area contributed by atoms with Gasteiger partial charge in [-0.3, -0.25) is 4.79 Å². The fourth-order valence-electron chi connectivity index (χ4n) is 4.54. The lowest BCUT2D eigenvalue weighted by atomic mass is 10.00. The number of carbonyl (C=O) groups is 1. The summed E-state index contributed by atoms with van der Waals surface area (Å²) in [5, 5.41) is 0. The minimum absolute atomic E-state index is 0.147. The van der Waals surface area contributed by atoms with Gasteiger partial charge in [0.1, 0.15) is 5.82 Å². The predicted molar refractivity (Wildman–Crippen MR) is 138 cm³/mol. The average Bonchev–Trinajstić information content (AvgIpc) is 2.92. The van der Waals surface area contributed by atoms with Gasteiger partial charge in [0.2, 0.25) is 10.0 Å². The second kappa shape index (κ2) is 10.0. The van der Waals surface area contributed by atoms with Crippen LogP contribution in [0.2, 0.25) is 0 Å². The molecule has 7 heteroatoms. The van der Waals surface area contributed by atoms with E-state index >= 15 is 0 Å². The number of anilines is 1. The van der Waals surface area contributed by atoms with Crippen LogP contribution in [0.1, 0.15) is 39.5 Å². The molecule has 0 bridgehead atoms. The van der Waals surface area contributed by atoms with E-state index in [4.69, 9.17) is 0 Å². The van der Waals surface area contributed by atoms with E-state index in [-0.39, 0.29) is 10.8 Å². The minimum Gasteiger partial charge on any atom is -0.308 e. The SMILES string of the molecule is O=C(c1ccc(F)cc1)N1CCCc2cc(S(=O)(=O)NC(c3ccccc3)c3ccccc3)ccc21. The third-order valence-electron chi connectivity index (χ3n) is 6.36. The number of nitrogens with zero attached hydrogens (tertiary/aromatic N) is 1. The van der Waals surface area contributed by atoms with Gasteiger partial charge in [-0.15, -0.1) is 0 Å². The molecule has 4 aromatic carbocycles. The number of carbonyl (C=O) groups excluding carboxylic acids is 1. The molecule has 0 aliphatic carbocycles. The Bertz CT molecular complexity index is 1430. The monoisotopic (exact) mass is 500 g/mol. The Kier molecular flexibility index (Phi) is 6.67. The molecule has 1 amide bonds. The second-order valence-electron chi connectivity index (χ2n) is 8.73. The molecule has 0 spiro atoms. The zero-order chi connectivity index (χ0) is 25.1. The number of sulfonamides is 1. The molecule has 182 valence electrons. The van der Waals surface area contributed by atoms with E-state index in [1.54, 1.807) is 17.0 Å². The first-order chi connectivity index (χ1) is 17.4. The van der Waals surface area contributed by atoms with E-state index in [1.807, 2.05) is 60.7 Å². The molecule has 1 N–H and O–H groups in total. The van der Waals surface area contributed by atoms with Crippen LogP contribution < -0.4 is 9.62 Å². The van der Waals surface area contributed by atoms with Crippen LogP contribution in [-0.4, -0.2) is 20.9 Å². The van der Waals surface area contributed by atoms with Crippen molar-refractivity contribution in [3.63, 3.8) is 0 Å². The van der Waals surface area contributed by atoms with Gasteiger partial charge in [0.15, 0.2) is 0 Å². The van der Waals surface area contributed by atoms with Crippen LogP contribution in [0.4, 0.5) is 10.1 Å². The first-order valence-corrected chi connectivity index (χ1v) is 13.2. The topological polar surface area (TPSA) is 66.5 Å². The molecule has 0 saturated carbocycles. The third-order valence-corrected chi connectivity index (χ3v) is 7.78. The summed E-state index contributed by atoms with van der Waals surface area (Å²) in [5.74, 6) is -0.643. The number of fused-ring (bicyclic) bond motifs is 1. The van der Waals surface area contributed by atoms with E-state index < -0.39 is 21.9 Å². The predicted octanol–water partition coefficient (Wildman–Crippen LogP) is 5.49. The number of hydrogen-bond donors (Lipinski definition) is 1. The van der Waals surface area contributed by atoms with Crippen LogP contribution in [0, 0.1) is 5.82 Å². The van der Waals surface area contributed by atoms with Crippen molar-refractivity contribution in [1.82, 2.24) is 4.72 Å². The van der Waals surface area contributed by atoms with E-state index in [9.17, 15) is 17.6 Å². The van der Waals surface area contributed by atoms with E-state index in [2.05, 4.69) is 4.72 Å². The van der Waals surface area contributed by atoms with Crippen molar-refractivity contribution in [2.45, 2.75) is 23.8 Å². The molecule has 1 heterocycles. The van der Waals surface area contributed by atoms with Crippen LogP contribution in [0.15, 0.2) is 108 Å². The number of amides is 1. The molecule has 4 aromatic rings. The van der Waals surface area contributed by atoms with Crippen molar-refractivity contribution < 1.29 is 17.6 Å². The van der Waals surface area contributed by atoms with Gasteiger partial charge in [-0.05, 0) is 72.0 Å². The highest BCUT2D eigenvalue weighted by Gasteiger charge is 2.27. The summed E-state index contributed by atoms with van der Waals surface area (Å²) in [7, 11) is -3.88. The number of halogens is 1. The van der Waals surface area contributed by atoms with Gasteiger partial charge in [-0.1, -0.05) is 60.7 Å². The lowest BCUT2D eigenvalue weighted by Crippen LogP contribution is -2.36. The quantitative estimate of drug-likeness (QED) is 0.381. The molecule has 1 aliphatic heterocycles. The molecule has 0 radical (unpaired) electrons. The van der Waals surface area contributed by atoms with Gasteiger partial charge in [0, 0.05) is 17.8 Å². The smallest absolute Gasteiger partial charge is 0.258 e. The van der Waals surface area contributed by atoms with Gasteiger partial charge < -0.3 is 4.90 Å². The summed E-state index contributed by atoms with van der Waals surface area (Å²) < 4.78 is 43.2. The fraction of sp³-hybridized carbons (Fsp3) is 0.138. The van der Waals surface area contributed by atoms with Gasteiger partial charge in [-0.2, -0.15) is 4.72 Å². The Morgan fingerprint density at radius 3 is 2.06 bits per heavy atom. The summed E-state index contributed by atoms with van der Waals surface area (Å²) in [5.41, 5.74) is 3.52. The summed E-state index contributed by atoms with van der Waals surface area (Å²) >= 11 is 0. The second-order valence-corrected chi connectivity index (χ2v) is 10.4. The van der Waals surface area contributed by atoms with Gasteiger partial charge in [0.05, 0.1) is 10.9 Å². The summed E-state index contributed by atoms with van der Waals surface area (Å²) in [6.45, 7) is 0.512. The van der Waals surface area contributed by atoms with Crippen LogP contribution in [-0.2, 0) is 16.4 Å². The van der Waals surface area contributed by atoms with Crippen molar-refractivity contribution in [3.05, 3.63) is 131 Å². The van der Waals surface area contributed by atoms with Crippen molar-refractivity contribution in [3.8, 4) is 0 Å². The molecule has 0 atom stereocenters. The molecule has 1 aliphatic rings. The number of rotatable bonds is 6. The molecule has 0 saturated heterocycles. The molecule has 0 unspecified atom stereocenters. The highest BCUT2D eigenvalue weighted by atomic mass is 32.2. The number of benzene rings is 4. The van der Waals surface area contributed by atoms with E-state index in [1.165, 1.54) is 30.3 Å². The molecule has 5 rings (SSSR count). The highest BCUT2D eigenvalue weighted by molar-refractivity contribution is 7.89. The van der Waals surface area contributed by atoms with Crippen LogP contribution >= 0.6 is 0 Å². The van der Waals surface area contributed by atoms with E-state index in [0.717, 1.165) is 16.7 Å². The van der Waals surface area contributed by atoms with Gasteiger partial charge in [-0.25, -0.2) is 12.8 Å². The third kappa shape index (κ3) is 4.94. The largest absolute Gasteiger partial charge is 0.308 e. The summed E-state index contributed by atoms with van der Waals surface area (Å²) in [6, 6.07) is 28.6. The van der Waals surface area contributed by atoms with Gasteiger partial charge >= 0.3 is 0 Å². The summed E-state index contributed by atoms with van der Waals surface area (Å²) in [4.78, 5) is 14.9. The van der Waals surface area contributed by atoms with Crippen molar-refractivity contribution >= 4 is 21.6 Å². The Morgan fingerprint density at radius 2 is 1.44 bits per heavy atom. The van der Waals surface area contributed by atoms with Crippen molar-refractivity contribution in [2.24, 2.45) is 0 Å². The van der Waals surface area contributed by atoms with Crippen LogP contribution in [0.25, 0.3) is 0 Å². The Labute approximate surface area is 210 Å². The average molecular weight is 501 g/mol. The maximum absolute atomic E-state index is 13.5. The van der Waals surface area contributed by atoms with Gasteiger partial charge in [0.25, 0.3) is 5.91 Å². The van der Waals surface area contributed by atoms with E-state index in [0.29, 0.717) is 30.6 Å². The molecule has 5 nitrogen and oxygen atoms in total. The maximum atomic E-state index is 13.5. The first-order valence-electron chi connectivity index (χ1n) is 11.7. The molecular formula is C29H25FN2O3S. The van der Waals surface area contributed by atoms with Crippen LogP contribution in [0.5, 0.6) is 0 Å². The number of aryl methyl sites for hydroxylation is 1. The highest BCUT2D eigenvalue weighted by Crippen LogP contribution is 2.32. The lowest BCUT2D eigenvalue weighted by molar-refractivity contribution is 0.0985. The Balaban J connectivity index is 1.45. The van der Waals surface area contributed by atoms with Crippen molar-refractivity contribution in [2.75, 3.05) is 11.4 Å². The first kappa shape index (κ1) is 23.9. The molecular weight excluding hydrogens is 475 g/mol. The van der Waals surface area contributed by atoms with Crippen molar-refractivity contribution in [1.29, 1.82) is 0 Å².